The number of rotatable bonds is 12. The molecule has 200 valence electrons. The minimum absolute atomic E-state index is 0.0169. The maximum atomic E-state index is 13.1. The van der Waals surface area contributed by atoms with E-state index < -0.39 is 16.1 Å². The second-order valence-corrected chi connectivity index (χ2v) is 11.4. The Balaban J connectivity index is 1.49. The summed E-state index contributed by atoms with van der Waals surface area (Å²) >= 11 is 0. The second-order valence-electron chi connectivity index (χ2n) is 9.38. The Morgan fingerprint density at radius 2 is 1.73 bits per heavy atom. The molecule has 1 aromatic heterocycles. The van der Waals surface area contributed by atoms with E-state index >= 15 is 0 Å². The Morgan fingerprint density at radius 3 is 2.27 bits per heavy atom. The molecule has 9 heteroatoms. The fraction of sp³-hybridized carbons (Fsp3) is 0.429. The van der Waals surface area contributed by atoms with Crippen molar-refractivity contribution in [1.82, 2.24) is 13.9 Å². The lowest BCUT2D eigenvalue weighted by Gasteiger charge is -2.21. The smallest absolute Gasteiger partial charge is 0.243 e. The van der Waals surface area contributed by atoms with Crippen LogP contribution in [0.5, 0.6) is 5.75 Å². The number of benzene rings is 2. The van der Waals surface area contributed by atoms with Crippen LogP contribution in [-0.4, -0.2) is 61.5 Å². The summed E-state index contributed by atoms with van der Waals surface area (Å²) < 4.78 is 40.4. The van der Waals surface area contributed by atoms with Gasteiger partial charge in [0.25, 0.3) is 0 Å². The van der Waals surface area contributed by atoms with Gasteiger partial charge in [0, 0.05) is 38.8 Å². The maximum Gasteiger partial charge on any atom is 0.243 e. The van der Waals surface area contributed by atoms with E-state index in [2.05, 4.69) is 4.98 Å². The molecule has 0 spiro atoms. The highest BCUT2D eigenvalue weighted by molar-refractivity contribution is 7.89. The molecule has 2 aromatic carbocycles. The van der Waals surface area contributed by atoms with Gasteiger partial charge in [-0.15, -0.1) is 0 Å². The number of methoxy groups -OCH3 is 1. The Kier molecular flexibility index (Phi) is 9.28. The van der Waals surface area contributed by atoms with Crippen molar-refractivity contribution in [3.63, 3.8) is 0 Å². The summed E-state index contributed by atoms with van der Waals surface area (Å²) in [4.78, 5) is 17.4. The van der Waals surface area contributed by atoms with E-state index in [1.54, 1.807) is 40.0 Å². The number of ether oxygens (including phenoxy) is 2. The molecule has 0 aliphatic carbocycles. The van der Waals surface area contributed by atoms with Crippen molar-refractivity contribution in [3.8, 4) is 17.0 Å². The van der Waals surface area contributed by atoms with Crippen molar-refractivity contribution < 1.29 is 22.7 Å². The van der Waals surface area contributed by atoms with Crippen molar-refractivity contribution in [1.29, 1.82) is 0 Å². The number of Topliss-reactive ketones (excluding diaryl/α,β-unsaturated/α-hetero) is 1. The van der Waals surface area contributed by atoms with E-state index in [9.17, 15) is 13.2 Å². The number of likely N-dealkylation sites (N-methyl/N-ethyl adjacent to an activating group) is 1. The summed E-state index contributed by atoms with van der Waals surface area (Å²) in [6.45, 7) is 7.43. The topological polar surface area (TPSA) is 90.7 Å². The van der Waals surface area contributed by atoms with Crippen molar-refractivity contribution in [3.05, 3.63) is 65.1 Å². The number of sulfonamides is 1. The third-order valence-electron chi connectivity index (χ3n) is 6.58. The van der Waals surface area contributed by atoms with Crippen LogP contribution in [-0.2, 0) is 33.0 Å². The molecule has 8 nitrogen and oxygen atoms in total. The number of ketones is 1. The molecule has 1 heterocycles. The molecule has 0 saturated carbocycles. The SMILES string of the molecule is COc1cc(C)c(S(=O)(=O)N(C)CCOC(C)C(=O)CCc2ccc(-c3cn(C)c(C)n3)cc2)c(C)c1. The fourth-order valence-electron chi connectivity index (χ4n) is 4.17. The van der Waals surface area contributed by atoms with Gasteiger partial charge in [-0.25, -0.2) is 13.4 Å². The summed E-state index contributed by atoms with van der Waals surface area (Å²) in [6, 6.07) is 11.5. The normalized spacial score (nSPS) is 12.6. The first-order chi connectivity index (χ1) is 17.4. The molecule has 0 bridgehead atoms. The van der Waals surface area contributed by atoms with E-state index in [0.29, 0.717) is 29.7 Å². The van der Waals surface area contributed by atoms with Crippen LogP contribution in [0.25, 0.3) is 11.3 Å². The zero-order valence-corrected chi connectivity index (χ0v) is 23.6. The summed E-state index contributed by atoms with van der Waals surface area (Å²) in [7, 11) is 1.33. The average molecular weight is 528 g/mol. The Bertz CT molecular complexity index is 1300. The zero-order valence-electron chi connectivity index (χ0n) is 22.7. The third kappa shape index (κ3) is 6.85. The summed E-state index contributed by atoms with van der Waals surface area (Å²) in [5.74, 6) is 1.55. The number of hydrogen-bond acceptors (Lipinski definition) is 6. The Hall–Kier alpha value is -3.01. The zero-order chi connectivity index (χ0) is 27.3. The first kappa shape index (κ1) is 28.6. The van der Waals surface area contributed by atoms with E-state index in [1.807, 2.05) is 49.0 Å². The minimum Gasteiger partial charge on any atom is -0.497 e. The van der Waals surface area contributed by atoms with Crippen molar-refractivity contribution >= 4 is 15.8 Å². The fourth-order valence-corrected chi connectivity index (χ4v) is 5.73. The lowest BCUT2D eigenvalue weighted by Crippen LogP contribution is -2.33. The van der Waals surface area contributed by atoms with Gasteiger partial charge in [-0.3, -0.25) is 4.79 Å². The van der Waals surface area contributed by atoms with Crippen LogP contribution < -0.4 is 4.74 Å². The first-order valence-electron chi connectivity index (χ1n) is 12.3. The van der Waals surface area contributed by atoms with Crippen molar-refractivity contribution in [2.75, 3.05) is 27.3 Å². The maximum absolute atomic E-state index is 13.1. The molecule has 37 heavy (non-hydrogen) atoms. The van der Waals surface area contributed by atoms with E-state index in [-0.39, 0.29) is 23.8 Å². The summed E-state index contributed by atoms with van der Waals surface area (Å²) in [5, 5.41) is 0. The molecule has 0 fully saturated rings. The van der Waals surface area contributed by atoms with Crippen molar-refractivity contribution in [2.45, 2.75) is 51.5 Å². The number of carbonyl (C=O) groups excluding carboxylic acids is 1. The Morgan fingerprint density at radius 1 is 1.11 bits per heavy atom. The summed E-state index contributed by atoms with van der Waals surface area (Å²) in [6.07, 6.45) is 2.34. The number of nitrogens with zero attached hydrogens (tertiary/aromatic N) is 3. The van der Waals surface area contributed by atoms with Crippen LogP contribution in [0.1, 0.15) is 35.9 Å². The lowest BCUT2D eigenvalue weighted by molar-refractivity contribution is -0.129. The van der Waals surface area contributed by atoms with Gasteiger partial charge in [0.05, 0.1) is 24.3 Å². The molecule has 3 rings (SSSR count). The van der Waals surface area contributed by atoms with Gasteiger partial charge >= 0.3 is 0 Å². The van der Waals surface area contributed by atoms with E-state index in [4.69, 9.17) is 9.47 Å². The van der Waals surface area contributed by atoms with Gasteiger partial charge in [0.15, 0.2) is 5.78 Å². The van der Waals surface area contributed by atoms with Gasteiger partial charge in [-0.2, -0.15) is 4.31 Å². The van der Waals surface area contributed by atoms with Crippen LogP contribution in [0, 0.1) is 20.8 Å². The number of imidazole rings is 1. The van der Waals surface area contributed by atoms with Gasteiger partial charge < -0.3 is 14.0 Å². The second kappa shape index (κ2) is 12.0. The molecule has 0 radical (unpaired) electrons. The lowest BCUT2D eigenvalue weighted by atomic mass is 10.0. The predicted molar refractivity (Wildman–Crippen MR) is 144 cm³/mol. The third-order valence-corrected chi connectivity index (χ3v) is 8.75. The minimum atomic E-state index is -3.71. The van der Waals surface area contributed by atoms with Gasteiger partial charge in [0.2, 0.25) is 10.0 Å². The quantitative estimate of drug-likeness (QED) is 0.350. The number of carbonyl (C=O) groups is 1. The van der Waals surface area contributed by atoms with Gasteiger partial charge in [0.1, 0.15) is 17.7 Å². The average Bonchev–Trinajstić information content (AvgIpc) is 3.19. The molecule has 0 saturated heterocycles. The molecule has 0 amide bonds. The molecule has 1 unspecified atom stereocenters. The largest absolute Gasteiger partial charge is 0.497 e. The number of aryl methyl sites for hydroxylation is 5. The van der Waals surface area contributed by atoms with Gasteiger partial charge in [-0.1, -0.05) is 24.3 Å². The predicted octanol–water partition coefficient (Wildman–Crippen LogP) is 4.25. The molecule has 0 aliphatic heterocycles. The number of hydrogen-bond donors (Lipinski definition) is 0. The Labute approximate surface area is 220 Å². The van der Waals surface area contributed by atoms with Crippen LogP contribution in [0.3, 0.4) is 0 Å². The standard InChI is InChI=1S/C28H37N3O5S/c1-19-16-25(35-7)17-20(2)28(19)37(33,34)31(6)14-15-36-21(3)27(32)13-10-23-8-11-24(12-9-23)26-18-30(5)22(4)29-26/h8-9,11-12,16-18,21H,10,13-15H2,1-7H3. The van der Waals surface area contributed by atoms with Crippen LogP contribution >= 0.6 is 0 Å². The van der Waals surface area contributed by atoms with Gasteiger partial charge in [-0.05, 0) is 62.9 Å². The van der Waals surface area contributed by atoms with E-state index in [1.165, 1.54) is 11.4 Å². The molecule has 0 N–H and O–H groups in total. The molecular weight excluding hydrogens is 490 g/mol. The first-order valence-corrected chi connectivity index (χ1v) is 13.7. The number of aromatic nitrogens is 2. The van der Waals surface area contributed by atoms with Crippen molar-refractivity contribution in [2.24, 2.45) is 7.05 Å². The molecule has 1 atom stereocenters. The molecule has 3 aromatic rings. The highest BCUT2D eigenvalue weighted by Gasteiger charge is 2.26. The van der Waals surface area contributed by atoms with Crippen LogP contribution in [0.4, 0.5) is 0 Å². The van der Waals surface area contributed by atoms with E-state index in [0.717, 1.165) is 22.6 Å². The highest BCUT2D eigenvalue weighted by Crippen LogP contribution is 2.27. The van der Waals surface area contributed by atoms with Crippen LogP contribution in [0.15, 0.2) is 47.5 Å². The monoisotopic (exact) mass is 527 g/mol. The highest BCUT2D eigenvalue weighted by atomic mass is 32.2. The van der Waals surface area contributed by atoms with Crippen LogP contribution in [0.2, 0.25) is 0 Å². The summed E-state index contributed by atoms with van der Waals surface area (Å²) in [5.41, 5.74) is 4.27. The molecular formula is C28H37N3O5S. The molecule has 0 aliphatic rings.